The monoisotopic (exact) mass is 319 g/mol. The van der Waals surface area contributed by atoms with E-state index in [1.807, 2.05) is 31.2 Å². The first kappa shape index (κ1) is 12.3. The largest absolute Gasteiger partial charge is 0.343 e. The van der Waals surface area contributed by atoms with Crippen molar-refractivity contribution in [3.05, 3.63) is 27.8 Å². The van der Waals surface area contributed by atoms with Crippen molar-refractivity contribution in [3.8, 4) is 0 Å². The molecule has 0 spiro atoms. The van der Waals surface area contributed by atoms with E-state index in [0.717, 1.165) is 22.1 Å². The minimum absolute atomic E-state index is 0.213. The van der Waals surface area contributed by atoms with Gasteiger partial charge in [-0.2, -0.15) is 0 Å². The maximum atomic E-state index is 11.2. The molecule has 0 saturated carbocycles. The molecule has 0 bridgehead atoms. The van der Waals surface area contributed by atoms with E-state index >= 15 is 0 Å². The van der Waals surface area contributed by atoms with E-state index in [0.29, 0.717) is 6.42 Å². The molecule has 1 aromatic rings. The minimum atomic E-state index is -0.213. The number of nitrogens with one attached hydrogen (secondary N) is 1. The van der Waals surface area contributed by atoms with E-state index in [-0.39, 0.29) is 5.97 Å². The zero-order valence-electron chi connectivity index (χ0n) is 8.63. The van der Waals surface area contributed by atoms with E-state index in [2.05, 4.69) is 28.1 Å². The third-order valence-corrected chi connectivity index (χ3v) is 2.58. The predicted molar refractivity (Wildman–Crippen MR) is 68.4 cm³/mol. The van der Waals surface area contributed by atoms with Gasteiger partial charge in [-0.05, 0) is 53.3 Å². The van der Waals surface area contributed by atoms with Crippen LogP contribution in [0.4, 0.5) is 5.69 Å². The fourth-order valence-electron chi connectivity index (χ4n) is 1.01. The number of hydrogen-bond donors (Lipinski definition) is 1. The van der Waals surface area contributed by atoms with Gasteiger partial charge in [0.05, 0.1) is 5.69 Å². The van der Waals surface area contributed by atoms with Crippen LogP contribution in [0.3, 0.4) is 0 Å². The minimum Gasteiger partial charge on any atom is -0.343 e. The van der Waals surface area contributed by atoms with Crippen molar-refractivity contribution in [2.75, 3.05) is 5.48 Å². The predicted octanol–water partition coefficient (Wildman–Crippen LogP) is 3.35. The topological polar surface area (TPSA) is 38.3 Å². The summed E-state index contributed by atoms with van der Waals surface area (Å²) in [4.78, 5) is 16.0. The standard InChI is InChI=1S/C11H14INO2/c1-2-3-4-11(14)15-13-10-7-5-9(12)6-8-10/h5-8,13H,2-4H2,1H3. The number of carbonyl (C=O) groups is 1. The lowest BCUT2D eigenvalue weighted by Crippen LogP contribution is -2.09. The summed E-state index contributed by atoms with van der Waals surface area (Å²) >= 11 is 2.22. The van der Waals surface area contributed by atoms with Gasteiger partial charge in [0.1, 0.15) is 0 Å². The summed E-state index contributed by atoms with van der Waals surface area (Å²) in [6, 6.07) is 7.63. The van der Waals surface area contributed by atoms with Crippen LogP contribution < -0.4 is 5.48 Å². The van der Waals surface area contributed by atoms with Gasteiger partial charge < -0.3 is 4.84 Å². The molecule has 0 aliphatic heterocycles. The summed E-state index contributed by atoms with van der Waals surface area (Å²) in [5.74, 6) is -0.213. The van der Waals surface area contributed by atoms with Gasteiger partial charge in [0, 0.05) is 9.99 Å². The molecule has 0 radical (unpaired) electrons. The molecule has 0 saturated heterocycles. The van der Waals surface area contributed by atoms with Gasteiger partial charge in [0.2, 0.25) is 0 Å². The molecule has 4 heteroatoms. The Kier molecular flexibility index (Phi) is 5.45. The Morgan fingerprint density at radius 1 is 1.40 bits per heavy atom. The first-order valence-corrected chi connectivity index (χ1v) is 6.01. The van der Waals surface area contributed by atoms with E-state index in [4.69, 9.17) is 4.84 Å². The highest BCUT2D eigenvalue weighted by atomic mass is 127. The Hall–Kier alpha value is -0.780. The fourth-order valence-corrected chi connectivity index (χ4v) is 1.37. The summed E-state index contributed by atoms with van der Waals surface area (Å²) < 4.78 is 1.15. The van der Waals surface area contributed by atoms with Gasteiger partial charge in [-0.15, -0.1) is 0 Å². The summed E-state index contributed by atoms with van der Waals surface area (Å²) in [5.41, 5.74) is 3.42. The van der Waals surface area contributed by atoms with Gasteiger partial charge in [0.15, 0.2) is 0 Å². The molecule has 0 atom stereocenters. The van der Waals surface area contributed by atoms with Gasteiger partial charge >= 0.3 is 5.97 Å². The molecule has 0 fully saturated rings. The molecular formula is C11H14INO2. The number of carbonyl (C=O) groups excluding carboxylic acids is 1. The molecule has 0 heterocycles. The van der Waals surface area contributed by atoms with Crippen LogP contribution in [0.25, 0.3) is 0 Å². The first-order chi connectivity index (χ1) is 7.22. The second-order valence-corrected chi connectivity index (χ2v) is 4.43. The Labute approximate surface area is 103 Å². The highest BCUT2D eigenvalue weighted by Gasteiger charge is 2.01. The van der Waals surface area contributed by atoms with E-state index in [1.165, 1.54) is 0 Å². The summed E-state index contributed by atoms with van der Waals surface area (Å²) in [6.07, 6.45) is 2.33. The van der Waals surface area contributed by atoms with Crippen molar-refractivity contribution in [1.29, 1.82) is 0 Å². The molecule has 0 aliphatic rings. The Bertz CT molecular complexity index is 311. The lowest BCUT2D eigenvalue weighted by molar-refractivity contribution is -0.140. The van der Waals surface area contributed by atoms with Crippen molar-refractivity contribution in [3.63, 3.8) is 0 Å². The Balaban J connectivity index is 2.30. The normalized spacial score (nSPS) is 9.73. The Morgan fingerprint density at radius 2 is 2.07 bits per heavy atom. The smallest absolute Gasteiger partial charge is 0.332 e. The van der Waals surface area contributed by atoms with Crippen LogP contribution in [-0.2, 0) is 9.63 Å². The van der Waals surface area contributed by atoms with Gasteiger partial charge in [-0.25, -0.2) is 10.3 Å². The molecule has 0 aromatic heterocycles. The molecular weight excluding hydrogens is 305 g/mol. The summed E-state index contributed by atoms with van der Waals surface area (Å²) in [5, 5.41) is 0. The number of benzene rings is 1. The van der Waals surface area contributed by atoms with Crippen LogP contribution in [0, 0.1) is 3.57 Å². The van der Waals surface area contributed by atoms with Crippen LogP contribution in [-0.4, -0.2) is 5.97 Å². The number of halogens is 1. The lowest BCUT2D eigenvalue weighted by atomic mass is 10.3. The highest BCUT2D eigenvalue weighted by molar-refractivity contribution is 14.1. The van der Waals surface area contributed by atoms with Crippen LogP contribution >= 0.6 is 22.6 Å². The third kappa shape index (κ3) is 5.01. The highest BCUT2D eigenvalue weighted by Crippen LogP contribution is 2.11. The van der Waals surface area contributed by atoms with Crippen LogP contribution in [0.15, 0.2) is 24.3 Å². The number of unbranched alkanes of at least 4 members (excludes halogenated alkanes) is 1. The quantitative estimate of drug-likeness (QED) is 0.668. The Morgan fingerprint density at radius 3 is 2.67 bits per heavy atom. The molecule has 15 heavy (non-hydrogen) atoms. The van der Waals surface area contributed by atoms with Crippen molar-refractivity contribution >= 4 is 34.2 Å². The average molecular weight is 319 g/mol. The summed E-state index contributed by atoms with van der Waals surface area (Å²) in [6.45, 7) is 2.04. The lowest BCUT2D eigenvalue weighted by Gasteiger charge is -2.06. The van der Waals surface area contributed by atoms with Crippen molar-refractivity contribution in [2.45, 2.75) is 26.2 Å². The summed E-state index contributed by atoms with van der Waals surface area (Å²) in [7, 11) is 0. The van der Waals surface area contributed by atoms with E-state index < -0.39 is 0 Å². The molecule has 0 aliphatic carbocycles. The fraction of sp³-hybridized carbons (Fsp3) is 0.364. The molecule has 1 N–H and O–H groups in total. The first-order valence-electron chi connectivity index (χ1n) is 4.93. The van der Waals surface area contributed by atoms with Crippen molar-refractivity contribution in [1.82, 2.24) is 0 Å². The third-order valence-electron chi connectivity index (χ3n) is 1.86. The molecule has 82 valence electrons. The second-order valence-electron chi connectivity index (χ2n) is 3.19. The van der Waals surface area contributed by atoms with Crippen LogP contribution in [0.5, 0.6) is 0 Å². The SMILES string of the molecule is CCCCC(=O)ONc1ccc(I)cc1. The molecule has 3 nitrogen and oxygen atoms in total. The molecule has 1 aromatic carbocycles. The number of rotatable bonds is 5. The zero-order chi connectivity index (χ0) is 11.1. The van der Waals surface area contributed by atoms with Crippen LogP contribution in [0.1, 0.15) is 26.2 Å². The van der Waals surface area contributed by atoms with Gasteiger partial charge in [0.25, 0.3) is 0 Å². The maximum Gasteiger partial charge on any atom is 0.332 e. The average Bonchev–Trinajstić information content (AvgIpc) is 2.25. The van der Waals surface area contributed by atoms with E-state index in [9.17, 15) is 4.79 Å². The van der Waals surface area contributed by atoms with Crippen LogP contribution in [0.2, 0.25) is 0 Å². The van der Waals surface area contributed by atoms with Crippen molar-refractivity contribution in [2.24, 2.45) is 0 Å². The van der Waals surface area contributed by atoms with E-state index in [1.54, 1.807) is 0 Å². The van der Waals surface area contributed by atoms with Crippen molar-refractivity contribution < 1.29 is 9.63 Å². The number of anilines is 1. The molecule has 0 amide bonds. The molecule has 0 unspecified atom stereocenters. The zero-order valence-corrected chi connectivity index (χ0v) is 10.8. The second kappa shape index (κ2) is 6.66. The van der Waals surface area contributed by atoms with Gasteiger partial charge in [-0.1, -0.05) is 13.3 Å². The van der Waals surface area contributed by atoms with Gasteiger partial charge in [-0.3, -0.25) is 0 Å². The maximum absolute atomic E-state index is 11.2. The number of hydrogen-bond acceptors (Lipinski definition) is 3. The molecule has 1 rings (SSSR count).